The molecule has 0 bridgehead atoms. The molecule has 2 heteroatoms. The first-order valence-corrected chi connectivity index (χ1v) is 6.73. The normalized spacial score (nSPS) is 26.8. The van der Waals surface area contributed by atoms with Gasteiger partial charge in [0.05, 0.1) is 0 Å². The first-order chi connectivity index (χ1) is 7.35. The van der Waals surface area contributed by atoms with Crippen LogP contribution in [0.15, 0.2) is 0 Å². The topological polar surface area (TPSA) is 15.3 Å². The van der Waals surface area contributed by atoms with E-state index in [1.165, 1.54) is 51.7 Å². The molecular formula is C13H26N2. The van der Waals surface area contributed by atoms with Gasteiger partial charge in [-0.15, -0.1) is 0 Å². The molecule has 1 saturated carbocycles. The molecule has 0 amide bonds. The molecule has 0 spiro atoms. The Morgan fingerprint density at radius 1 is 1.20 bits per heavy atom. The maximum Gasteiger partial charge on any atom is 0.0121 e. The second-order valence-electron chi connectivity index (χ2n) is 5.35. The molecule has 15 heavy (non-hydrogen) atoms. The molecule has 2 rings (SSSR count). The predicted octanol–water partition coefficient (Wildman–Crippen LogP) is 2.11. The zero-order valence-corrected chi connectivity index (χ0v) is 10.3. The highest BCUT2D eigenvalue weighted by molar-refractivity contribution is 4.89. The lowest BCUT2D eigenvalue weighted by atomic mass is 9.94. The summed E-state index contributed by atoms with van der Waals surface area (Å²) in [5.74, 6) is 1.99. The largest absolute Gasteiger partial charge is 0.319 e. The number of likely N-dealkylation sites (tertiary alicyclic amines) is 1. The molecule has 1 N–H and O–H groups in total. The standard InChI is InChI=1S/C13H26N2/c1-3-13(12-4-5-12)15-8-6-11(7-9-15)10-14-2/h11-14H,3-10H2,1-2H3. The minimum Gasteiger partial charge on any atom is -0.319 e. The Bertz CT molecular complexity index is 181. The molecule has 2 fully saturated rings. The van der Waals surface area contributed by atoms with Crippen molar-refractivity contribution in [2.45, 2.75) is 45.1 Å². The average Bonchev–Trinajstić information content (AvgIpc) is 3.06. The minimum atomic E-state index is 0.917. The van der Waals surface area contributed by atoms with Crippen molar-refractivity contribution >= 4 is 0 Å². The van der Waals surface area contributed by atoms with Gasteiger partial charge in [-0.05, 0) is 70.6 Å². The van der Waals surface area contributed by atoms with E-state index in [4.69, 9.17) is 0 Å². The van der Waals surface area contributed by atoms with Crippen LogP contribution < -0.4 is 5.32 Å². The van der Waals surface area contributed by atoms with Gasteiger partial charge in [-0.25, -0.2) is 0 Å². The van der Waals surface area contributed by atoms with Gasteiger partial charge in [-0.1, -0.05) is 6.92 Å². The Labute approximate surface area is 94.4 Å². The Balaban J connectivity index is 1.76. The van der Waals surface area contributed by atoms with Crippen molar-refractivity contribution in [1.82, 2.24) is 10.2 Å². The van der Waals surface area contributed by atoms with Gasteiger partial charge in [0, 0.05) is 6.04 Å². The fourth-order valence-corrected chi connectivity index (χ4v) is 3.15. The average molecular weight is 210 g/mol. The fourth-order valence-electron chi connectivity index (χ4n) is 3.15. The summed E-state index contributed by atoms with van der Waals surface area (Å²) in [6.07, 6.45) is 7.17. The SMILES string of the molecule is CCC(C1CC1)N1CCC(CNC)CC1. The molecule has 2 nitrogen and oxygen atoms in total. The number of hydrogen-bond donors (Lipinski definition) is 1. The first-order valence-electron chi connectivity index (χ1n) is 6.73. The molecule has 1 aliphatic carbocycles. The van der Waals surface area contributed by atoms with Gasteiger partial charge in [-0.2, -0.15) is 0 Å². The lowest BCUT2D eigenvalue weighted by molar-refractivity contribution is 0.116. The van der Waals surface area contributed by atoms with E-state index in [2.05, 4.69) is 24.2 Å². The molecule has 0 aromatic heterocycles. The van der Waals surface area contributed by atoms with Crippen LogP contribution in [0.2, 0.25) is 0 Å². The number of nitrogens with one attached hydrogen (secondary N) is 1. The highest BCUT2D eigenvalue weighted by Crippen LogP contribution is 2.38. The zero-order chi connectivity index (χ0) is 10.7. The van der Waals surface area contributed by atoms with Crippen LogP contribution in [0, 0.1) is 11.8 Å². The maximum atomic E-state index is 3.31. The summed E-state index contributed by atoms with van der Waals surface area (Å²) in [6.45, 7) is 6.28. The van der Waals surface area contributed by atoms with E-state index in [1.54, 1.807) is 0 Å². The summed E-state index contributed by atoms with van der Waals surface area (Å²) in [7, 11) is 2.07. The van der Waals surface area contributed by atoms with Crippen molar-refractivity contribution < 1.29 is 0 Å². The van der Waals surface area contributed by atoms with E-state index < -0.39 is 0 Å². The van der Waals surface area contributed by atoms with Crippen LogP contribution in [0.1, 0.15) is 39.0 Å². The lowest BCUT2D eigenvalue weighted by Crippen LogP contribution is -2.43. The van der Waals surface area contributed by atoms with Gasteiger partial charge in [-0.3, -0.25) is 0 Å². The third-order valence-electron chi connectivity index (χ3n) is 4.20. The van der Waals surface area contributed by atoms with E-state index in [9.17, 15) is 0 Å². The molecular weight excluding hydrogens is 184 g/mol. The van der Waals surface area contributed by atoms with Gasteiger partial charge in [0.15, 0.2) is 0 Å². The molecule has 1 atom stereocenters. The summed E-state index contributed by atoms with van der Waals surface area (Å²) >= 11 is 0. The molecule has 2 aliphatic rings. The predicted molar refractivity (Wildman–Crippen MR) is 65.0 cm³/mol. The molecule has 1 aliphatic heterocycles. The van der Waals surface area contributed by atoms with Crippen LogP contribution in [0.3, 0.4) is 0 Å². The Hall–Kier alpha value is -0.0800. The Morgan fingerprint density at radius 2 is 1.87 bits per heavy atom. The number of piperidine rings is 1. The van der Waals surface area contributed by atoms with Gasteiger partial charge >= 0.3 is 0 Å². The quantitative estimate of drug-likeness (QED) is 0.747. The zero-order valence-electron chi connectivity index (χ0n) is 10.3. The van der Waals surface area contributed by atoms with Gasteiger partial charge in [0.2, 0.25) is 0 Å². The second-order valence-corrected chi connectivity index (χ2v) is 5.35. The van der Waals surface area contributed by atoms with Crippen molar-refractivity contribution in [2.24, 2.45) is 11.8 Å². The summed E-state index contributed by atoms with van der Waals surface area (Å²) < 4.78 is 0. The molecule has 1 heterocycles. The van der Waals surface area contributed by atoms with E-state index in [0.717, 1.165) is 17.9 Å². The van der Waals surface area contributed by atoms with E-state index in [-0.39, 0.29) is 0 Å². The molecule has 0 radical (unpaired) electrons. The summed E-state index contributed by atoms with van der Waals surface area (Å²) in [5.41, 5.74) is 0. The third kappa shape index (κ3) is 2.94. The van der Waals surface area contributed by atoms with Crippen LogP contribution in [-0.2, 0) is 0 Å². The second kappa shape index (κ2) is 5.31. The van der Waals surface area contributed by atoms with Gasteiger partial charge < -0.3 is 10.2 Å². The first kappa shape index (κ1) is 11.4. The van der Waals surface area contributed by atoms with Crippen molar-refractivity contribution in [3.05, 3.63) is 0 Å². The van der Waals surface area contributed by atoms with Crippen LogP contribution in [0.25, 0.3) is 0 Å². The van der Waals surface area contributed by atoms with Crippen LogP contribution in [-0.4, -0.2) is 37.6 Å². The van der Waals surface area contributed by atoms with E-state index >= 15 is 0 Å². The van der Waals surface area contributed by atoms with Crippen molar-refractivity contribution in [1.29, 1.82) is 0 Å². The highest BCUT2D eigenvalue weighted by atomic mass is 15.2. The molecule has 1 unspecified atom stereocenters. The summed E-state index contributed by atoms with van der Waals surface area (Å²) in [5, 5.41) is 3.31. The van der Waals surface area contributed by atoms with Crippen molar-refractivity contribution in [3.8, 4) is 0 Å². The van der Waals surface area contributed by atoms with Crippen LogP contribution >= 0.6 is 0 Å². The van der Waals surface area contributed by atoms with Gasteiger partial charge in [0.25, 0.3) is 0 Å². The maximum absolute atomic E-state index is 3.31. The Morgan fingerprint density at radius 3 is 2.33 bits per heavy atom. The molecule has 88 valence electrons. The molecule has 0 aromatic rings. The van der Waals surface area contributed by atoms with E-state index in [1.807, 2.05) is 0 Å². The smallest absolute Gasteiger partial charge is 0.0121 e. The monoisotopic (exact) mass is 210 g/mol. The van der Waals surface area contributed by atoms with Crippen molar-refractivity contribution in [3.63, 3.8) is 0 Å². The lowest BCUT2D eigenvalue weighted by Gasteiger charge is -2.37. The molecule has 0 aromatic carbocycles. The number of rotatable bonds is 5. The van der Waals surface area contributed by atoms with Crippen molar-refractivity contribution in [2.75, 3.05) is 26.7 Å². The Kier molecular flexibility index (Phi) is 4.04. The van der Waals surface area contributed by atoms with E-state index in [0.29, 0.717) is 0 Å². The molecule has 1 saturated heterocycles. The van der Waals surface area contributed by atoms with Crippen LogP contribution in [0.4, 0.5) is 0 Å². The highest BCUT2D eigenvalue weighted by Gasteiger charge is 2.35. The fraction of sp³-hybridized carbons (Fsp3) is 1.00. The van der Waals surface area contributed by atoms with Gasteiger partial charge in [0.1, 0.15) is 0 Å². The summed E-state index contributed by atoms with van der Waals surface area (Å²) in [4.78, 5) is 2.77. The summed E-state index contributed by atoms with van der Waals surface area (Å²) in [6, 6.07) is 0.917. The minimum absolute atomic E-state index is 0.917. The third-order valence-corrected chi connectivity index (χ3v) is 4.20. The number of hydrogen-bond acceptors (Lipinski definition) is 2. The van der Waals surface area contributed by atoms with Crippen LogP contribution in [0.5, 0.6) is 0 Å². The number of nitrogens with zero attached hydrogens (tertiary/aromatic N) is 1.